The van der Waals surface area contributed by atoms with Gasteiger partial charge in [0, 0.05) is 19.5 Å². The minimum absolute atomic E-state index is 0.0508. The molecule has 1 fully saturated rings. The Kier molecular flexibility index (Phi) is 6.79. The Hall–Kier alpha value is -3.68. The van der Waals surface area contributed by atoms with E-state index in [0.717, 1.165) is 11.1 Å². The van der Waals surface area contributed by atoms with Crippen LogP contribution < -0.4 is 10.1 Å². The van der Waals surface area contributed by atoms with Crippen molar-refractivity contribution in [3.63, 3.8) is 0 Å². The number of likely N-dealkylation sites (tertiary alicyclic amines) is 1. The number of benzene rings is 2. The summed E-state index contributed by atoms with van der Waals surface area (Å²) in [7, 11) is 0. The molecule has 30 heavy (non-hydrogen) atoms. The summed E-state index contributed by atoms with van der Waals surface area (Å²) in [5.74, 6) is -4.03. The Bertz CT molecular complexity index is 926. The lowest BCUT2D eigenvalue weighted by Gasteiger charge is -2.30. The maximum Gasteiger partial charge on any atom is 0.322 e. The third-order valence-electron chi connectivity index (χ3n) is 4.73. The highest BCUT2D eigenvalue weighted by atomic mass is 16.5. The van der Waals surface area contributed by atoms with E-state index < -0.39 is 36.0 Å². The summed E-state index contributed by atoms with van der Waals surface area (Å²) >= 11 is 0. The minimum Gasteiger partial charge on any atom is -0.489 e. The van der Waals surface area contributed by atoms with Gasteiger partial charge < -0.3 is 20.1 Å². The molecule has 0 radical (unpaired) electrons. The van der Waals surface area contributed by atoms with Crippen molar-refractivity contribution in [1.82, 2.24) is 10.2 Å². The van der Waals surface area contributed by atoms with Crippen molar-refractivity contribution in [2.45, 2.75) is 19.6 Å². The summed E-state index contributed by atoms with van der Waals surface area (Å²) in [6.07, 6.45) is 0.0508. The van der Waals surface area contributed by atoms with E-state index in [4.69, 9.17) is 9.84 Å². The number of nitrogens with one attached hydrogen (secondary N) is 1. The maximum atomic E-state index is 12.6. The molecule has 8 heteroatoms. The first-order chi connectivity index (χ1) is 14.4. The molecule has 1 unspecified atom stereocenters. The average molecular weight is 410 g/mol. The van der Waals surface area contributed by atoms with Crippen LogP contribution in [0.15, 0.2) is 54.6 Å². The minimum atomic E-state index is -1.49. The van der Waals surface area contributed by atoms with Crippen molar-refractivity contribution in [3.05, 3.63) is 65.7 Å². The van der Waals surface area contributed by atoms with Crippen molar-refractivity contribution in [2.75, 3.05) is 13.1 Å². The van der Waals surface area contributed by atoms with Crippen molar-refractivity contribution in [3.8, 4) is 5.75 Å². The van der Waals surface area contributed by atoms with Crippen LogP contribution in [0.25, 0.3) is 0 Å². The number of carbonyl (C=O) groups is 4. The lowest BCUT2D eigenvalue weighted by atomic mass is 9.94. The number of rotatable bonds is 8. The van der Waals surface area contributed by atoms with Gasteiger partial charge in [0.25, 0.3) is 0 Å². The molecule has 2 aromatic rings. The zero-order valence-electron chi connectivity index (χ0n) is 16.2. The van der Waals surface area contributed by atoms with E-state index in [1.807, 2.05) is 42.5 Å². The summed E-state index contributed by atoms with van der Waals surface area (Å²) < 4.78 is 5.74. The summed E-state index contributed by atoms with van der Waals surface area (Å²) in [4.78, 5) is 48.8. The second-order valence-electron chi connectivity index (χ2n) is 6.94. The van der Waals surface area contributed by atoms with E-state index in [1.54, 1.807) is 12.1 Å². The topological polar surface area (TPSA) is 113 Å². The fraction of sp³-hybridized carbons (Fsp3) is 0.273. The van der Waals surface area contributed by atoms with Gasteiger partial charge in [0.1, 0.15) is 18.9 Å². The first-order valence-electron chi connectivity index (χ1n) is 9.50. The molecule has 0 spiro atoms. The van der Waals surface area contributed by atoms with Crippen molar-refractivity contribution >= 4 is 23.6 Å². The van der Waals surface area contributed by atoms with Gasteiger partial charge in [0.05, 0.1) is 0 Å². The van der Waals surface area contributed by atoms with Crippen molar-refractivity contribution < 1.29 is 29.0 Å². The number of ether oxygens (including phenoxy) is 1. The van der Waals surface area contributed by atoms with Gasteiger partial charge in [-0.3, -0.25) is 19.2 Å². The predicted molar refractivity (Wildman–Crippen MR) is 106 cm³/mol. The highest BCUT2D eigenvalue weighted by Crippen LogP contribution is 2.20. The molecule has 0 aliphatic carbocycles. The number of hydrogen-bond donors (Lipinski definition) is 2. The van der Waals surface area contributed by atoms with E-state index in [2.05, 4.69) is 5.32 Å². The van der Waals surface area contributed by atoms with Gasteiger partial charge in [-0.15, -0.1) is 0 Å². The van der Waals surface area contributed by atoms with Gasteiger partial charge >= 0.3 is 5.97 Å². The summed E-state index contributed by atoms with van der Waals surface area (Å²) in [5.41, 5.74) is 1.88. The summed E-state index contributed by atoms with van der Waals surface area (Å²) in [6, 6.07) is 17.0. The second-order valence-corrected chi connectivity index (χ2v) is 6.94. The molecule has 2 aromatic carbocycles. The predicted octanol–water partition coefficient (Wildman–Crippen LogP) is 1.38. The number of carbonyl (C=O) groups excluding carboxylic acids is 3. The van der Waals surface area contributed by atoms with Crippen LogP contribution in [0.4, 0.5) is 0 Å². The Labute approximate surface area is 173 Å². The molecule has 1 aliphatic rings. The monoisotopic (exact) mass is 410 g/mol. The third-order valence-corrected chi connectivity index (χ3v) is 4.73. The molecule has 0 bridgehead atoms. The van der Waals surface area contributed by atoms with Gasteiger partial charge in [0.15, 0.2) is 11.7 Å². The number of carboxylic acid groups (broad SMARTS) is 1. The molecule has 156 valence electrons. The number of amides is 2. The smallest absolute Gasteiger partial charge is 0.322 e. The average Bonchev–Trinajstić information content (AvgIpc) is 2.74. The Balaban J connectivity index is 1.58. The van der Waals surface area contributed by atoms with Gasteiger partial charge in [0.2, 0.25) is 11.8 Å². The fourth-order valence-corrected chi connectivity index (χ4v) is 3.15. The second kappa shape index (κ2) is 9.69. The van der Waals surface area contributed by atoms with Crippen LogP contribution in [0.5, 0.6) is 5.75 Å². The SMILES string of the molecule is O=C(O)CNC(=O)C1C(=O)CCN(Cc2ccc(OCc3ccccc3)cc2)C1=O. The molecule has 2 N–H and O–H groups in total. The van der Waals surface area contributed by atoms with Gasteiger partial charge in [-0.05, 0) is 23.3 Å². The largest absolute Gasteiger partial charge is 0.489 e. The summed E-state index contributed by atoms with van der Waals surface area (Å²) in [6.45, 7) is 0.265. The van der Waals surface area contributed by atoms with Crippen LogP contribution in [-0.4, -0.2) is 46.7 Å². The quantitative estimate of drug-likeness (QED) is 0.636. The van der Waals surface area contributed by atoms with E-state index >= 15 is 0 Å². The van der Waals surface area contributed by atoms with E-state index in [-0.39, 0.29) is 19.5 Å². The maximum absolute atomic E-state index is 12.6. The lowest BCUT2D eigenvalue weighted by molar-refractivity contribution is -0.152. The number of aliphatic carboxylic acids is 1. The standard InChI is InChI=1S/C22H22N2O6/c25-18-10-11-24(22(29)20(18)21(28)23-12-19(26)27)13-15-6-8-17(9-7-15)30-14-16-4-2-1-3-5-16/h1-9,20H,10-14H2,(H,23,28)(H,26,27). The van der Waals surface area contributed by atoms with E-state index in [1.165, 1.54) is 4.90 Å². The van der Waals surface area contributed by atoms with Crippen LogP contribution in [-0.2, 0) is 32.3 Å². The number of Topliss-reactive ketones (excluding diaryl/α,β-unsaturated/α-hetero) is 1. The molecule has 2 amide bonds. The molecule has 0 aromatic heterocycles. The number of nitrogens with zero attached hydrogens (tertiary/aromatic N) is 1. The first kappa shape index (κ1) is 21.0. The highest BCUT2D eigenvalue weighted by Gasteiger charge is 2.40. The molecule has 1 aliphatic heterocycles. The third kappa shape index (κ3) is 5.44. The normalized spacial score (nSPS) is 16.3. The molecule has 3 rings (SSSR count). The molecule has 1 atom stereocenters. The molecule has 0 saturated carbocycles. The van der Waals surface area contributed by atoms with E-state index in [0.29, 0.717) is 12.4 Å². The molecule has 1 heterocycles. The van der Waals surface area contributed by atoms with Gasteiger partial charge in [-0.25, -0.2) is 0 Å². The highest BCUT2D eigenvalue weighted by molar-refractivity contribution is 6.19. The van der Waals surface area contributed by atoms with Crippen LogP contribution >= 0.6 is 0 Å². The molecule has 8 nitrogen and oxygen atoms in total. The van der Waals surface area contributed by atoms with Crippen molar-refractivity contribution in [1.29, 1.82) is 0 Å². The number of ketones is 1. The van der Waals surface area contributed by atoms with Gasteiger partial charge in [-0.1, -0.05) is 42.5 Å². The fourth-order valence-electron chi connectivity index (χ4n) is 3.15. The summed E-state index contributed by atoms with van der Waals surface area (Å²) in [5, 5.41) is 10.8. The lowest BCUT2D eigenvalue weighted by Crippen LogP contribution is -2.52. The number of piperidine rings is 1. The Morgan fingerprint density at radius 3 is 2.40 bits per heavy atom. The zero-order valence-corrected chi connectivity index (χ0v) is 16.2. The van der Waals surface area contributed by atoms with E-state index in [9.17, 15) is 19.2 Å². The van der Waals surface area contributed by atoms with Crippen LogP contribution in [0.1, 0.15) is 17.5 Å². The van der Waals surface area contributed by atoms with Crippen molar-refractivity contribution in [2.24, 2.45) is 5.92 Å². The Morgan fingerprint density at radius 2 is 1.73 bits per heavy atom. The number of carboxylic acids is 1. The zero-order chi connectivity index (χ0) is 21.5. The Morgan fingerprint density at radius 1 is 1.03 bits per heavy atom. The molecular weight excluding hydrogens is 388 g/mol. The van der Waals surface area contributed by atoms with Crippen LogP contribution in [0.3, 0.4) is 0 Å². The van der Waals surface area contributed by atoms with Crippen LogP contribution in [0.2, 0.25) is 0 Å². The van der Waals surface area contributed by atoms with Crippen LogP contribution in [0, 0.1) is 5.92 Å². The molecular formula is C22H22N2O6. The number of hydrogen-bond acceptors (Lipinski definition) is 5. The first-order valence-corrected chi connectivity index (χ1v) is 9.50. The molecule has 1 saturated heterocycles. The van der Waals surface area contributed by atoms with Gasteiger partial charge in [-0.2, -0.15) is 0 Å².